The molecule has 3 aromatic rings. The van der Waals surface area contributed by atoms with Crippen LogP contribution >= 0.6 is 0 Å². The molecule has 0 unspecified atom stereocenters. The number of alkyl halides is 9. The normalized spacial score (nSPS) is 13.7. The number of hydrogen-bond donors (Lipinski definition) is 2. The van der Waals surface area contributed by atoms with E-state index < -0.39 is 66.7 Å². The van der Waals surface area contributed by atoms with Gasteiger partial charge >= 0.3 is 36.6 Å². The molecule has 0 saturated carbocycles. The van der Waals surface area contributed by atoms with Crippen molar-refractivity contribution < 1.29 is 68.4 Å². The van der Waals surface area contributed by atoms with Crippen LogP contribution in [0.4, 0.5) is 44.3 Å². The predicted octanol–water partition coefficient (Wildman–Crippen LogP) is 7.07. The van der Waals surface area contributed by atoms with Crippen LogP contribution in [0.15, 0.2) is 66.7 Å². The number of nitrogens with one attached hydrogen (secondary N) is 2. The second-order valence-corrected chi connectivity index (χ2v) is 10.5. The highest BCUT2D eigenvalue weighted by Gasteiger charge is 2.43. The first-order valence-corrected chi connectivity index (χ1v) is 14.0. The van der Waals surface area contributed by atoms with E-state index in [9.17, 15) is 53.9 Å². The lowest BCUT2D eigenvalue weighted by Gasteiger charge is -2.19. The van der Waals surface area contributed by atoms with E-state index in [4.69, 9.17) is 4.74 Å². The molecule has 2 N–H and O–H groups in total. The molecule has 17 heteroatoms. The maximum atomic E-state index is 13.1. The molecular weight excluding hydrogens is 667 g/mol. The molecule has 0 aromatic heterocycles. The van der Waals surface area contributed by atoms with Crippen LogP contribution in [0.2, 0.25) is 0 Å². The molecule has 48 heavy (non-hydrogen) atoms. The summed E-state index contributed by atoms with van der Waals surface area (Å²) in [5.74, 6) is -4.86. The largest absolute Gasteiger partial charge is 0.495 e. The van der Waals surface area contributed by atoms with Crippen LogP contribution in [-0.4, -0.2) is 43.4 Å². The number of carbonyl (C=O) groups is 3. The number of amides is 1. The summed E-state index contributed by atoms with van der Waals surface area (Å²) in [4.78, 5) is 43.6. The predicted molar refractivity (Wildman–Crippen MR) is 148 cm³/mol. The van der Waals surface area contributed by atoms with Crippen LogP contribution in [-0.2, 0) is 43.0 Å². The Morgan fingerprint density at radius 3 is 1.81 bits per heavy atom. The summed E-state index contributed by atoms with van der Waals surface area (Å²) in [5.41, 5.74) is 0.162. The number of halogens is 9. The first-order valence-electron chi connectivity index (χ1n) is 14.0. The molecule has 1 atom stereocenters. The summed E-state index contributed by atoms with van der Waals surface area (Å²) in [6.07, 6.45) is -17.3. The van der Waals surface area contributed by atoms with Crippen molar-refractivity contribution >= 4 is 18.0 Å². The molecule has 0 heterocycles. The summed E-state index contributed by atoms with van der Waals surface area (Å²) in [6, 6.07) is 14.0. The fourth-order valence-electron chi connectivity index (χ4n) is 5.00. The smallest absolute Gasteiger partial charge is 0.449 e. The number of benzene rings is 3. The first kappa shape index (κ1) is 36.0. The number of ether oxygens (including phenoxy) is 1. The molecule has 0 fully saturated rings. The Labute approximate surface area is 266 Å². The fourth-order valence-corrected chi connectivity index (χ4v) is 5.00. The molecule has 3 aromatic carbocycles. The third-order valence-electron chi connectivity index (χ3n) is 7.17. The summed E-state index contributed by atoms with van der Waals surface area (Å²) >= 11 is 0. The van der Waals surface area contributed by atoms with E-state index in [1.807, 2.05) is 36.4 Å². The summed E-state index contributed by atoms with van der Waals surface area (Å²) in [6.45, 7) is -0.829. The van der Waals surface area contributed by atoms with Crippen molar-refractivity contribution in [2.45, 2.75) is 49.9 Å². The average Bonchev–Trinajstić information content (AvgIpc) is 3.33. The van der Waals surface area contributed by atoms with E-state index in [-0.39, 0.29) is 37.1 Å². The van der Waals surface area contributed by atoms with Crippen molar-refractivity contribution in [3.8, 4) is 11.1 Å². The standard InChI is InChI=1S/C31H25F9N2O6/c32-29(33,34)18-12-17(13-19(14-18)30(35,36)37)15-41-11-5-10-25(26(43)47-48-27(44)31(38,39)40)42-28(45)46-16-24-22-8-3-1-6-20(22)21-7-2-4-9-23(21)24/h1-4,6-9,12-14,24-25,41H,5,10-11,15-16H2,(H,42,45)/t25-/m0/s1. The van der Waals surface area contributed by atoms with E-state index in [0.717, 1.165) is 22.3 Å². The van der Waals surface area contributed by atoms with Gasteiger partial charge in [-0.25, -0.2) is 24.2 Å². The minimum atomic E-state index is -5.50. The van der Waals surface area contributed by atoms with Crippen molar-refractivity contribution in [1.29, 1.82) is 0 Å². The molecule has 258 valence electrons. The van der Waals surface area contributed by atoms with E-state index in [1.54, 1.807) is 12.1 Å². The van der Waals surface area contributed by atoms with Gasteiger partial charge in [-0.1, -0.05) is 48.5 Å². The van der Waals surface area contributed by atoms with Gasteiger partial charge in [0.25, 0.3) is 0 Å². The summed E-state index contributed by atoms with van der Waals surface area (Å²) in [5, 5.41) is 4.71. The Balaban J connectivity index is 1.38. The zero-order chi connectivity index (χ0) is 35.3. The quantitative estimate of drug-likeness (QED) is 0.102. The molecular formula is C31H25F9N2O6. The van der Waals surface area contributed by atoms with Crippen LogP contribution in [0.1, 0.15) is 46.6 Å². The topological polar surface area (TPSA) is 103 Å². The number of carbonyl (C=O) groups excluding carboxylic acids is 3. The van der Waals surface area contributed by atoms with Crippen LogP contribution in [0.3, 0.4) is 0 Å². The number of alkyl carbamates (subject to hydrolysis) is 1. The SMILES string of the molecule is O=C(N[C@@H](CCCNCc1cc(C(F)(F)F)cc(C(F)(F)F)c1)C(=O)OOC(=O)C(F)(F)F)OCC1c2ccccc2-c2ccccc21. The van der Waals surface area contributed by atoms with Crippen LogP contribution in [0.5, 0.6) is 0 Å². The van der Waals surface area contributed by atoms with Crippen molar-refractivity contribution in [2.75, 3.05) is 13.2 Å². The Kier molecular flexibility index (Phi) is 10.9. The van der Waals surface area contributed by atoms with Gasteiger partial charge in [0.05, 0.1) is 11.1 Å². The van der Waals surface area contributed by atoms with Gasteiger partial charge in [0.2, 0.25) is 0 Å². The highest BCUT2D eigenvalue weighted by atomic mass is 19.4. The first-order chi connectivity index (χ1) is 22.4. The van der Waals surface area contributed by atoms with Gasteiger partial charge in [0, 0.05) is 12.5 Å². The highest BCUT2D eigenvalue weighted by Crippen LogP contribution is 2.44. The van der Waals surface area contributed by atoms with Gasteiger partial charge in [0.1, 0.15) is 12.6 Å². The molecule has 1 aliphatic rings. The summed E-state index contributed by atoms with van der Waals surface area (Å²) in [7, 11) is 0. The number of fused-ring (bicyclic) bond motifs is 3. The lowest BCUT2D eigenvalue weighted by Crippen LogP contribution is -2.43. The lowest BCUT2D eigenvalue weighted by molar-refractivity contribution is -0.286. The third kappa shape index (κ3) is 9.17. The molecule has 4 rings (SSSR count). The molecule has 1 amide bonds. The maximum absolute atomic E-state index is 13.1. The minimum Gasteiger partial charge on any atom is -0.449 e. The van der Waals surface area contributed by atoms with E-state index >= 15 is 0 Å². The van der Waals surface area contributed by atoms with Crippen molar-refractivity contribution in [2.24, 2.45) is 0 Å². The van der Waals surface area contributed by atoms with Gasteiger partial charge < -0.3 is 15.4 Å². The van der Waals surface area contributed by atoms with Gasteiger partial charge in [-0.2, -0.15) is 39.5 Å². The Hall–Kier alpha value is -4.80. The van der Waals surface area contributed by atoms with Crippen LogP contribution < -0.4 is 10.6 Å². The monoisotopic (exact) mass is 692 g/mol. The molecule has 0 radical (unpaired) electrons. The van der Waals surface area contributed by atoms with Crippen LogP contribution in [0, 0.1) is 0 Å². The molecule has 0 saturated heterocycles. The van der Waals surface area contributed by atoms with Crippen molar-refractivity contribution in [3.63, 3.8) is 0 Å². The second-order valence-electron chi connectivity index (χ2n) is 10.5. The van der Waals surface area contributed by atoms with Gasteiger partial charge in [-0.15, -0.1) is 0 Å². The third-order valence-corrected chi connectivity index (χ3v) is 7.17. The van der Waals surface area contributed by atoms with Crippen molar-refractivity contribution in [1.82, 2.24) is 10.6 Å². The molecule has 8 nitrogen and oxygen atoms in total. The van der Waals surface area contributed by atoms with Crippen molar-refractivity contribution in [3.05, 3.63) is 94.5 Å². The average molecular weight is 693 g/mol. The van der Waals surface area contributed by atoms with Gasteiger partial charge in [0.15, 0.2) is 0 Å². The van der Waals surface area contributed by atoms with E-state index in [2.05, 4.69) is 20.4 Å². The Morgan fingerprint density at radius 1 is 0.750 bits per heavy atom. The molecule has 0 bridgehead atoms. The minimum absolute atomic E-state index is 0.0275. The second kappa shape index (κ2) is 14.5. The molecule has 0 aliphatic heterocycles. The number of hydrogen-bond acceptors (Lipinski definition) is 7. The van der Waals surface area contributed by atoms with Gasteiger partial charge in [-0.3, -0.25) is 0 Å². The lowest BCUT2D eigenvalue weighted by atomic mass is 9.98. The Morgan fingerprint density at radius 2 is 1.29 bits per heavy atom. The molecule has 0 spiro atoms. The van der Waals surface area contributed by atoms with Crippen LogP contribution in [0.25, 0.3) is 11.1 Å². The summed E-state index contributed by atoms with van der Waals surface area (Å²) < 4.78 is 122. The highest BCUT2D eigenvalue weighted by molar-refractivity contribution is 5.83. The fraction of sp³-hybridized carbons (Fsp3) is 0.323. The van der Waals surface area contributed by atoms with E-state index in [1.165, 1.54) is 0 Å². The zero-order valence-corrected chi connectivity index (χ0v) is 24.4. The Bertz CT molecular complexity index is 1560. The number of rotatable bonds is 10. The zero-order valence-electron chi connectivity index (χ0n) is 24.4. The van der Waals surface area contributed by atoms with E-state index in [0.29, 0.717) is 12.1 Å². The van der Waals surface area contributed by atoms with Gasteiger partial charge in [-0.05, 0) is 65.4 Å². The maximum Gasteiger partial charge on any atom is 0.495 e. The molecule has 1 aliphatic carbocycles.